The average molecular weight is 471 g/mol. The minimum Gasteiger partial charge on any atom is -0.343 e. The quantitative estimate of drug-likeness (QED) is 0.642. The van der Waals surface area contributed by atoms with E-state index in [0.717, 1.165) is 24.9 Å². The third-order valence-corrected chi connectivity index (χ3v) is 7.68. The predicted molar refractivity (Wildman–Crippen MR) is 123 cm³/mol. The molecular formula is C23H26N4O5S. The van der Waals surface area contributed by atoms with Crippen LogP contribution in [0, 0.1) is 0 Å². The van der Waals surface area contributed by atoms with Gasteiger partial charge in [-0.3, -0.25) is 14.4 Å². The van der Waals surface area contributed by atoms with Crippen LogP contribution in [0.1, 0.15) is 36.0 Å². The van der Waals surface area contributed by atoms with Gasteiger partial charge in [0.05, 0.1) is 11.4 Å². The van der Waals surface area contributed by atoms with Crippen molar-refractivity contribution in [3.05, 3.63) is 54.1 Å². The van der Waals surface area contributed by atoms with E-state index in [0.29, 0.717) is 37.3 Å². The summed E-state index contributed by atoms with van der Waals surface area (Å²) >= 11 is 0. The van der Waals surface area contributed by atoms with Crippen LogP contribution < -0.4 is 15.5 Å². The van der Waals surface area contributed by atoms with Crippen molar-refractivity contribution in [2.45, 2.75) is 30.6 Å². The fraction of sp³-hybridized carbons (Fsp3) is 0.348. The van der Waals surface area contributed by atoms with Gasteiger partial charge in [0.1, 0.15) is 0 Å². The number of sulfonamides is 1. The molecule has 2 aromatic carbocycles. The Kier molecular flexibility index (Phi) is 6.75. The van der Waals surface area contributed by atoms with Crippen LogP contribution in [0.4, 0.5) is 11.4 Å². The lowest BCUT2D eigenvalue weighted by Gasteiger charge is -2.16. The van der Waals surface area contributed by atoms with Crippen molar-refractivity contribution in [1.82, 2.24) is 9.62 Å². The molecule has 2 aliphatic rings. The van der Waals surface area contributed by atoms with Gasteiger partial charge in [-0.2, -0.15) is 4.31 Å². The van der Waals surface area contributed by atoms with Crippen molar-refractivity contribution in [3.8, 4) is 0 Å². The maximum Gasteiger partial charge on any atom is 0.251 e. The maximum absolute atomic E-state index is 12.6. The fourth-order valence-electron chi connectivity index (χ4n) is 3.97. The van der Waals surface area contributed by atoms with Gasteiger partial charge in [0.15, 0.2) is 0 Å². The summed E-state index contributed by atoms with van der Waals surface area (Å²) < 4.78 is 26.6. The summed E-state index contributed by atoms with van der Waals surface area (Å²) in [5.74, 6) is -0.764. The molecule has 0 saturated carbocycles. The zero-order chi connectivity index (χ0) is 23.4. The first-order chi connectivity index (χ1) is 15.8. The largest absolute Gasteiger partial charge is 0.343 e. The number of hydrogen-bond donors (Lipinski definition) is 2. The summed E-state index contributed by atoms with van der Waals surface area (Å²) in [6, 6.07) is 12.7. The standard InChI is InChI=1S/C23H26N4O5S/c28-21(25-18-7-11-20(12-8-18)33(31,32)26-13-1-2-14-26)16-24-23(30)17-5-9-19(10-6-17)27-15-3-4-22(27)29/h5-12H,1-4,13-16H2,(H,24,30)(H,25,28). The molecule has 10 heteroatoms. The first kappa shape index (κ1) is 22.9. The molecule has 0 unspecified atom stereocenters. The number of carbonyl (C=O) groups excluding carboxylic acids is 3. The molecule has 2 aromatic rings. The molecule has 2 aliphatic heterocycles. The van der Waals surface area contributed by atoms with E-state index in [-0.39, 0.29) is 17.3 Å². The molecular weight excluding hydrogens is 444 g/mol. The van der Waals surface area contributed by atoms with E-state index >= 15 is 0 Å². The van der Waals surface area contributed by atoms with Gasteiger partial charge >= 0.3 is 0 Å². The molecule has 0 aromatic heterocycles. The van der Waals surface area contributed by atoms with Gasteiger partial charge in [-0.1, -0.05) is 0 Å². The Morgan fingerprint density at radius 1 is 0.879 bits per heavy atom. The molecule has 2 saturated heterocycles. The summed E-state index contributed by atoms with van der Waals surface area (Å²) in [6.45, 7) is 1.49. The van der Waals surface area contributed by atoms with Gasteiger partial charge in [-0.05, 0) is 67.8 Å². The van der Waals surface area contributed by atoms with Gasteiger partial charge in [0, 0.05) is 43.0 Å². The Morgan fingerprint density at radius 3 is 2.15 bits per heavy atom. The Labute approximate surface area is 192 Å². The molecule has 2 N–H and O–H groups in total. The SMILES string of the molecule is O=C(CNC(=O)c1ccc(N2CCCC2=O)cc1)Nc1ccc(S(=O)(=O)N2CCCC2)cc1. The van der Waals surface area contributed by atoms with Crippen LogP contribution in [0.25, 0.3) is 0 Å². The number of hydrogen-bond acceptors (Lipinski definition) is 5. The molecule has 0 atom stereocenters. The lowest BCUT2D eigenvalue weighted by Crippen LogP contribution is -2.33. The second-order valence-corrected chi connectivity index (χ2v) is 10.0. The third-order valence-electron chi connectivity index (χ3n) is 5.76. The van der Waals surface area contributed by atoms with Crippen LogP contribution >= 0.6 is 0 Å². The molecule has 2 heterocycles. The molecule has 174 valence electrons. The summed E-state index contributed by atoms with van der Waals surface area (Å²) in [5, 5.41) is 5.20. The fourth-order valence-corrected chi connectivity index (χ4v) is 5.49. The van der Waals surface area contributed by atoms with Crippen molar-refractivity contribution < 1.29 is 22.8 Å². The Hall–Kier alpha value is -3.24. The Bertz CT molecular complexity index is 1140. The van der Waals surface area contributed by atoms with Crippen molar-refractivity contribution in [1.29, 1.82) is 0 Å². The average Bonchev–Trinajstić information content (AvgIpc) is 3.50. The van der Waals surface area contributed by atoms with E-state index in [1.165, 1.54) is 28.6 Å². The van der Waals surface area contributed by atoms with E-state index in [4.69, 9.17) is 0 Å². The van der Waals surface area contributed by atoms with Crippen LogP contribution in [0.2, 0.25) is 0 Å². The monoisotopic (exact) mass is 470 g/mol. The second-order valence-electron chi connectivity index (χ2n) is 8.06. The molecule has 0 radical (unpaired) electrons. The van der Waals surface area contributed by atoms with Crippen LogP contribution in [0.3, 0.4) is 0 Å². The number of benzene rings is 2. The molecule has 0 aliphatic carbocycles. The topological polar surface area (TPSA) is 116 Å². The van der Waals surface area contributed by atoms with E-state index in [1.54, 1.807) is 29.2 Å². The third kappa shape index (κ3) is 5.23. The molecule has 9 nitrogen and oxygen atoms in total. The van der Waals surface area contributed by atoms with Crippen LogP contribution in [-0.4, -0.2) is 56.6 Å². The van der Waals surface area contributed by atoms with Crippen LogP contribution in [-0.2, 0) is 19.6 Å². The molecule has 2 fully saturated rings. The highest BCUT2D eigenvalue weighted by Crippen LogP contribution is 2.23. The summed E-state index contributed by atoms with van der Waals surface area (Å²) in [6.07, 6.45) is 3.09. The van der Waals surface area contributed by atoms with Gasteiger partial charge in [-0.25, -0.2) is 8.42 Å². The first-order valence-electron chi connectivity index (χ1n) is 10.9. The number of carbonyl (C=O) groups is 3. The summed E-state index contributed by atoms with van der Waals surface area (Å²) in [7, 11) is -3.51. The number of nitrogens with zero attached hydrogens (tertiary/aromatic N) is 2. The zero-order valence-corrected chi connectivity index (χ0v) is 18.9. The van der Waals surface area contributed by atoms with Crippen LogP contribution in [0.5, 0.6) is 0 Å². The van der Waals surface area contributed by atoms with Crippen LogP contribution in [0.15, 0.2) is 53.4 Å². The molecule has 0 bridgehead atoms. The number of nitrogens with one attached hydrogen (secondary N) is 2. The van der Waals surface area contributed by atoms with Gasteiger partial charge in [-0.15, -0.1) is 0 Å². The molecule has 4 rings (SSSR count). The van der Waals surface area contributed by atoms with Crippen molar-refractivity contribution in [3.63, 3.8) is 0 Å². The Balaban J connectivity index is 1.28. The molecule has 0 spiro atoms. The normalized spacial score (nSPS) is 16.7. The van der Waals surface area contributed by atoms with Crippen molar-refractivity contribution >= 4 is 39.1 Å². The van der Waals surface area contributed by atoms with Gasteiger partial charge in [0.2, 0.25) is 21.8 Å². The minimum absolute atomic E-state index is 0.0746. The first-order valence-corrected chi connectivity index (χ1v) is 12.4. The van der Waals surface area contributed by atoms with Crippen molar-refractivity contribution in [2.24, 2.45) is 0 Å². The predicted octanol–water partition coefficient (Wildman–Crippen LogP) is 1.97. The highest BCUT2D eigenvalue weighted by Gasteiger charge is 2.27. The number of amides is 3. The summed E-state index contributed by atoms with van der Waals surface area (Å²) in [5.41, 5.74) is 1.57. The highest BCUT2D eigenvalue weighted by molar-refractivity contribution is 7.89. The van der Waals surface area contributed by atoms with E-state index in [1.807, 2.05) is 0 Å². The van der Waals surface area contributed by atoms with Gasteiger partial charge in [0.25, 0.3) is 5.91 Å². The lowest BCUT2D eigenvalue weighted by atomic mass is 10.2. The highest BCUT2D eigenvalue weighted by atomic mass is 32.2. The van der Waals surface area contributed by atoms with E-state index in [2.05, 4.69) is 10.6 Å². The lowest BCUT2D eigenvalue weighted by molar-refractivity contribution is -0.117. The minimum atomic E-state index is -3.51. The number of anilines is 2. The smallest absolute Gasteiger partial charge is 0.251 e. The molecule has 33 heavy (non-hydrogen) atoms. The van der Waals surface area contributed by atoms with Crippen molar-refractivity contribution in [2.75, 3.05) is 36.4 Å². The Morgan fingerprint density at radius 2 is 1.55 bits per heavy atom. The van der Waals surface area contributed by atoms with E-state index < -0.39 is 21.8 Å². The zero-order valence-electron chi connectivity index (χ0n) is 18.1. The molecule has 3 amide bonds. The van der Waals surface area contributed by atoms with Gasteiger partial charge < -0.3 is 15.5 Å². The second kappa shape index (κ2) is 9.72. The maximum atomic E-state index is 12.6. The number of rotatable bonds is 7. The van der Waals surface area contributed by atoms with E-state index in [9.17, 15) is 22.8 Å². The summed E-state index contributed by atoms with van der Waals surface area (Å²) in [4.78, 5) is 38.2.